The first kappa shape index (κ1) is 7.34. The summed E-state index contributed by atoms with van der Waals surface area (Å²) >= 11 is 3.15. The van der Waals surface area contributed by atoms with E-state index in [2.05, 4.69) is 26.1 Å². The van der Waals surface area contributed by atoms with E-state index in [4.69, 9.17) is 0 Å². The van der Waals surface area contributed by atoms with Gasteiger partial charge in [0.05, 0.1) is 11.0 Å². The molecule has 0 amide bonds. The maximum Gasteiger partial charge on any atom is 0.138 e. The molecule has 0 fully saturated rings. The molecule has 1 aromatic heterocycles. The van der Waals surface area contributed by atoms with E-state index in [9.17, 15) is 4.79 Å². The summed E-state index contributed by atoms with van der Waals surface area (Å²) in [6, 6.07) is 1.74. The predicted octanol–water partition coefficient (Wildman–Crippen LogP) is 1.11. The second-order valence-electron chi connectivity index (χ2n) is 1.71. The Labute approximate surface area is 66.6 Å². The molecule has 0 bridgehead atoms. The zero-order valence-corrected chi connectivity index (χ0v) is 6.65. The summed E-state index contributed by atoms with van der Waals surface area (Å²) < 4.78 is 0. The van der Waals surface area contributed by atoms with Crippen LogP contribution in [0.2, 0.25) is 0 Å². The van der Waals surface area contributed by atoms with Crippen LogP contribution in [-0.2, 0) is 4.79 Å². The van der Waals surface area contributed by atoms with E-state index in [0.29, 0.717) is 0 Å². The molecule has 1 unspecified atom stereocenters. The van der Waals surface area contributed by atoms with E-state index in [1.165, 1.54) is 0 Å². The third kappa shape index (κ3) is 1.60. The van der Waals surface area contributed by atoms with E-state index in [1.54, 1.807) is 18.5 Å². The maximum atomic E-state index is 10.2. The van der Waals surface area contributed by atoms with E-state index in [1.807, 2.05) is 0 Å². The van der Waals surface area contributed by atoms with Gasteiger partial charge in [-0.05, 0) is 11.6 Å². The van der Waals surface area contributed by atoms with Crippen LogP contribution in [0.5, 0.6) is 0 Å². The molecule has 0 saturated heterocycles. The van der Waals surface area contributed by atoms with Crippen molar-refractivity contribution in [3.63, 3.8) is 0 Å². The van der Waals surface area contributed by atoms with Gasteiger partial charge in [-0.2, -0.15) is 10.2 Å². The number of hydrogen-bond donors (Lipinski definition) is 0. The Balaban J connectivity index is 2.84. The number of hydrogen-bond acceptors (Lipinski definition) is 3. The van der Waals surface area contributed by atoms with Crippen molar-refractivity contribution in [3.05, 3.63) is 24.0 Å². The molecule has 1 rings (SSSR count). The zero-order valence-electron chi connectivity index (χ0n) is 5.07. The highest BCUT2D eigenvalue weighted by Gasteiger charge is 2.03. The Hall–Kier alpha value is -0.770. The third-order valence-corrected chi connectivity index (χ3v) is 1.79. The molecule has 0 saturated carbocycles. The average Bonchev–Trinajstić information content (AvgIpc) is 2.05. The summed E-state index contributed by atoms with van der Waals surface area (Å²) in [5.41, 5.74) is 0.824. The maximum absolute atomic E-state index is 10.2. The van der Waals surface area contributed by atoms with Gasteiger partial charge in [-0.15, -0.1) is 0 Å². The van der Waals surface area contributed by atoms with Crippen molar-refractivity contribution in [2.45, 2.75) is 4.83 Å². The minimum atomic E-state index is -0.261. The molecule has 10 heavy (non-hydrogen) atoms. The van der Waals surface area contributed by atoms with Gasteiger partial charge in [-0.3, -0.25) is 0 Å². The normalized spacial score (nSPS) is 12.5. The molecule has 1 heterocycles. The lowest BCUT2D eigenvalue weighted by atomic mass is 10.2. The first-order valence-corrected chi connectivity index (χ1v) is 3.62. The number of rotatable bonds is 2. The van der Waals surface area contributed by atoms with Crippen molar-refractivity contribution in [1.82, 2.24) is 10.2 Å². The van der Waals surface area contributed by atoms with Crippen molar-refractivity contribution in [3.8, 4) is 0 Å². The highest BCUT2D eigenvalue weighted by molar-refractivity contribution is 9.09. The van der Waals surface area contributed by atoms with Gasteiger partial charge in [0.25, 0.3) is 0 Å². The average molecular weight is 201 g/mol. The molecular weight excluding hydrogens is 196 g/mol. The lowest BCUT2D eigenvalue weighted by Gasteiger charge is -1.97. The Kier molecular flexibility index (Phi) is 2.50. The molecular formula is C6H5BrN2O. The van der Waals surface area contributed by atoms with E-state index < -0.39 is 0 Å². The number of carbonyl (C=O) groups excluding carboxylic acids is 1. The van der Waals surface area contributed by atoms with Crippen molar-refractivity contribution in [2.24, 2.45) is 0 Å². The van der Waals surface area contributed by atoms with Gasteiger partial charge in [0, 0.05) is 6.20 Å². The largest absolute Gasteiger partial charge is 0.302 e. The van der Waals surface area contributed by atoms with Crippen LogP contribution in [0, 0.1) is 0 Å². The predicted molar refractivity (Wildman–Crippen MR) is 39.8 cm³/mol. The van der Waals surface area contributed by atoms with E-state index in [0.717, 1.165) is 11.8 Å². The highest BCUT2D eigenvalue weighted by atomic mass is 79.9. The molecule has 0 aromatic carbocycles. The lowest BCUT2D eigenvalue weighted by molar-refractivity contribution is -0.107. The van der Waals surface area contributed by atoms with Crippen molar-refractivity contribution in [2.75, 3.05) is 0 Å². The van der Waals surface area contributed by atoms with E-state index in [-0.39, 0.29) is 4.83 Å². The second kappa shape index (κ2) is 3.41. The summed E-state index contributed by atoms with van der Waals surface area (Å²) in [5.74, 6) is 0. The van der Waals surface area contributed by atoms with Crippen molar-refractivity contribution < 1.29 is 4.79 Å². The molecule has 1 atom stereocenters. The molecule has 0 aliphatic rings. The molecule has 52 valence electrons. The second-order valence-corrected chi connectivity index (χ2v) is 2.70. The van der Waals surface area contributed by atoms with Crippen LogP contribution in [0.1, 0.15) is 10.4 Å². The van der Waals surface area contributed by atoms with Gasteiger partial charge in [-0.1, -0.05) is 15.9 Å². The SMILES string of the molecule is O=CC(Br)c1ccnnc1. The fourth-order valence-corrected chi connectivity index (χ4v) is 0.813. The first-order chi connectivity index (χ1) is 4.84. The van der Waals surface area contributed by atoms with Crippen LogP contribution in [0.15, 0.2) is 18.5 Å². The Morgan fingerprint density at radius 3 is 2.90 bits per heavy atom. The summed E-state index contributed by atoms with van der Waals surface area (Å²) in [6.07, 6.45) is 3.90. The lowest BCUT2D eigenvalue weighted by Crippen LogP contribution is -1.91. The molecule has 1 aromatic rings. The van der Waals surface area contributed by atoms with Crippen LogP contribution in [0.4, 0.5) is 0 Å². The molecule has 0 spiro atoms. The smallest absolute Gasteiger partial charge is 0.138 e. The van der Waals surface area contributed by atoms with E-state index >= 15 is 0 Å². The number of alkyl halides is 1. The Bertz CT molecular complexity index is 214. The molecule has 0 N–H and O–H groups in total. The van der Waals surface area contributed by atoms with Crippen LogP contribution in [0.25, 0.3) is 0 Å². The monoisotopic (exact) mass is 200 g/mol. The fourth-order valence-electron chi connectivity index (χ4n) is 0.543. The molecule has 4 heteroatoms. The van der Waals surface area contributed by atoms with Gasteiger partial charge in [-0.25, -0.2) is 0 Å². The molecule has 0 radical (unpaired) electrons. The summed E-state index contributed by atoms with van der Waals surface area (Å²) in [4.78, 5) is 9.95. The van der Waals surface area contributed by atoms with Crippen molar-refractivity contribution in [1.29, 1.82) is 0 Å². The minimum Gasteiger partial charge on any atom is -0.302 e. The number of carbonyl (C=O) groups is 1. The number of halogens is 1. The van der Waals surface area contributed by atoms with Crippen LogP contribution < -0.4 is 0 Å². The highest BCUT2D eigenvalue weighted by Crippen LogP contribution is 2.17. The fraction of sp³-hybridized carbons (Fsp3) is 0.167. The molecule has 0 aliphatic heterocycles. The Morgan fingerprint density at radius 1 is 1.60 bits per heavy atom. The Morgan fingerprint density at radius 2 is 2.40 bits per heavy atom. The summed E-state index contributed by atoms with van der Waals surface area (Å²) in [6.45, 7) is 0. The van der Waals surface area contributed by atoms with Gasteiger partial charge in [0.2, 0.25) is 0 Å². The summed E-state index contributed by atoms with van der Waals surface area (Å²) in [5, 5.41) is 7.19. The molecule has 3 nitrogen and oxygen atoms in total. The first-order valence-electron chi connectivity index (χ1n) is 2.70. The van der Waals surface area contributed by atoms with Gasteiger partial charge in [0.1, 0.15) is 6.29 Å². The summed E-state index contributed by atoms with van der Waals surface area (Å²) in [7, 11) is 0. The number of aromatic nitrogens is 2. The topological polar surface area (TPSA) is 42.9 Å². The standard InChI is InChI=1S/C6H5BrN2O/c7-6(4-10)5-1-2-8-9-3-5/h1-4,6H. The van der Waals surface area contributed by atoms with Gasteiger partial charge >= 0.3 is 0 Å². The number of nitrogens with zero attached hydrogens (tertiary/aromatic N) is 2. The van der Waals surface area contributed by atoms with Crippen LogP contribution in [0.3, 0.4) is 0 Å². The number of aldehydes is 1. The quantitative estimate of drug-likeness (QED) is 0.531. The van der Waals surface area contributed by atoms with Crippen molar-refractivity contribution >= 4 is 22.2 Å². The van der Waals surface area contributed by atoms with Gasteiger partial charge in [0.15, 0.2) is 0 Å². The third-order valence-electron chi connectivity index (χ3n) is 1.05. The van der Waals surface area contributed by atoms with Crippen LogP contribution in [-0.4, -0.2) is 16.5 Å². The zero-order chi connectivity index (χ0) is 7.40. The molecule has 0 aliphatic carbocycles. The minimum absolute atomic E-state index is 0.261. The van der Waals surface area contributed by atoms with Crippen LogP contribution >= 0.6 is 15.9 Å². The van der Waals surface area contributed by atoms with Gasteiger partial charge < -0.3 is 4.79 Å².